The van der Waals surface area contributed by atoms with Crippen LogP contribution in [0.4, 0.5) is 0 Å². The smallest absolute Gasteiger partial charge is 0.142 e. The van der Waals surface area contributed by atoms with Crippen LogP contribution in [0.5, 0.6) is 0 Å². The summed E-state index contributed by atoms with van der Waals surface area (Å²) in [6.07, 6.45) is 9.10. The van der Waals surface area contributed by atoms with E-state index in [0.29, 0.717) is 11.7 Å². The fraction of sp³-hybridized carbons (Fsp3) is 0.944. The van der Waals surface area contributed by atoms with E-state index >= 15 is 0 Å². The molecule has 0 aromatic rings. The summed E-state index contributed by atoms with van der Waals surface area (Å²) in [5, 5.41) is 0. The van der Waals surface area contributed by atoms with E-state index in [1.807, 2.05) is 0 Å². The molecule has 3 rings (SSSR count). The van der Waals surface area contributed by atoms with Crippen LogP contribution in [0, 0.1) is 11.3 Å². The van der Waals surface area contributed by atoms with E-state index in [-0.39, 0.29) is 5.41 Å². The Bertz CT molecular complexity index is 365. The molecule has 0 amide bonds. The van der Waals surface area contributed by atoms with Gasteiger partial charge < -0.3 is 4.90 Å². The third kappa shape index (κ3) is 3.50. The molecule has 0 radical (unpaired) electrons. The highest BCUT2D eigenvalue weighted by molar-refractivity contribution is 5.87. The van der Waals surface area contributed by atoms with E-state index in [4.69, 9.17) is 0 Å². The standard InChI is InChI=1S/C18H32N2O/c1-18(2)9-5-6-15(17(18)21)14-19-10-12-20(13-11-19)16-7-3-4-8-16/h15-16H,3-14H2,1-2H3. The SMILES string of the molecule is CC1(C)CCCC(CN2CCN(C3CCCC3)CC2)C1=O. The molecule has 21 heavy (non-hydrogen) atoms. The fourth-order valence-electron chi connectivity index (χ4n) is 4.66. The molecule has 3 fully saturated rings. The highest BCUT2D eigenvalue weighted by atomic mass is 16.1. The molecule has 0 aromatic carbocycles. The summed E-state index contributed by atoms with van der Waals surface area (Å²) >= 11 is 0. The van der Waals surface area contributed by atoms with Gasteiger partial charge in [-0.05, 0) is 25.7 Å². The average Bonchev–Trinajstić information content (AvgIpc) is 2.99. The van der Waals surface area contributed by atoms with Crippen LogP contribution in [-0.4, -0.2) is 54.3 Å². The summed E-state index contributed by atoms with van der Waals surface area (Å²) in [6.45, 7) is 10.1. The van der Waals surface area contributed by atoms with Gasteiger partial charge in [-0.25, -0.2) is 0 Å². The molecule has 2 saturated carbocycles. The number of piperazine rings is 1. The van der Waals surface area contributed by atoms with Gasteiger partial charge in [0.1, 0.15) is 5.78 Å². The first-order valence-electron chi connectivity index (χ1n) is 9.07. The third-order valence-corrected chi connectivity index (χ3v) is 6.12. The van der Waals surface area contributed by atoms with Gasteiger partial charge in [0.2, 0.25) is 0 Å². The first kappa shape index (κ1) is 15.5. The van der Waals surface area contributed by atoms with Gasteiger partial charge in [-0.3, -0.25) is 9.69 Å². The minimum atomic E-state index is -0.0748. The van der Waals surface area contributed by atoms with Crippen LogP contribution >= 0.6 is 0 Å². The predicted octanol–water partition coefficient (Wildman–Crippen LogP) is 2.94. The molecule has 1 atom stereocenters. The first-order chi connectivity index (χ1) is 10.1. The molecule has 3 heteroatoms. The molecule has 0 aromatic heterocycles. The molecule has 0 bridgehead atoms. The second kappa shape index (κ2) is 6.37. The Balaban J connectivity index is 1.47. The number of hydrogen-bond donors (Lipinski definition) is 0. The van der Waals surface area contributed by atoms with Crippen molar-refractivity contribution >= 4 is 5.78 Å². The third-order valence-electron chi connectivity index (χ3n) is 6.12. The molecular weight excluding hydrogens is 260 g/mol. The van der Waals surface area contributed by atoms with Crippen molar-refractivity contribution in [3.05, 3.63) is 0 Å². The van der Waals surface area contributed by atoms with Gasteiger partial charge in [0, 0.05) is 50.1 Å². The number of nitrogens with zero attached hydrogens (tertiary/aromatic N) is 2. The number of rotatable bonds is 3. The lowest BCUT2D eigenvalue weighted by Crippen LogP contribution is -2.52. The second-order valence-corrected chi connectivity index (χ2v) is 8.11. The van der Waals surface area contributed by atoms with E-state index in [1.165, 1.54) is 58.3 Å². The Labute approximate surface area is 130 Å². The van der Waals surface area contributed by atoms with Crippen molar-refractivity contribution in [1.82, 2.24) is 9.80 Å². The predicted molar refractivity (Wildman–Crippen MR) is 86.4 cm³/mol. The lowest BCUT2D eigenvalue weighted by molar-refractivity contribution is -0.135. The van der Waals surface area contributed by atoms with Gasteiger partial charge >= 0.3 is 0 Å². The summed E-state index contributed by atoms with van der Waals surface area (Å²) in [4.78, 5) is 17.8. The topological polar surface area (TPSA) is 23.6 Å². The maximum atomic E-state index is 12.6. The lowest BCUT2D eigenvalue weighted by Gasteiger charge is -2.41. The zero-order valence-electron chi connectivity index (χ0n) is 13.9. The van der Waals surface area contributed by atoms with Gasteiger partial charge in [0.25, 0.3) is 0 Å². The van der Waals surface area contributed by atoms with Crippen LogP contribution < -0.4 is 0 Å². The van der Waals surface area contributed by atoms with Crippen LogP contribution in [0.1, 0.15) is 58.8 Å². The van der Waals surface area contributed by atoms with Crippen molar-refractivity contribution < 1.29 is 4.79 Å². The van der Waals surface area contributed by atoms with Crippen LogP contribution in [0.25, 0.3) is 0 Å². The van der Waals surface area contributed by atoms with E-state index in [9.17, 15) is 4.79 Å². The monoisotopic (exact) mass is 292 g/mol. The summed E-state index contributed by atoms with van der Waals surface area (Å²) in [7, 11) is 0. The molecule has 1 unspecified atom stereocenters. The molecule has 1 heterocycles. The zero-order chi connectivity index (χ0) is 14.9. The van der Waals surface area contributed by atoms with Gasteiger partial charge in [-0.2, -0.15) is 0 Å². The van der Waals surface area contributed by atoms with Crippen LogP contribution in [-0.2, 0) is 4.79 Å². The Morgan fingerprint density at radius 1 is 1.00 bits per heavy atom. The molecule has 0 N–H and O–H groups in total. The average molecular weight is 292 g/mol. The molecule has 120 valence electrons. The zero-order valence-corrected chi connectivity index (χ0v) is 13.9. The number of Topliss-reactive ketones (excluding diaryl/α,β-unsaturated/α-hetero) is 1. The highest BCUT2D eigenvalue weighted by Gasteiger charge is 2.38. The molecule has 2 aliphatic carbocycles. The summed E-state index contributed by atoms with van der Waals surface area (Å²) in [5.41, 5.74) is -0.0748. The number of carbonyl (C=O) groups is 1. The number of carbonyl (C=O) groups excluding carboxylic acids is 1. The Hall–Kier alpha value is -0.410. The maximum Gasteiger partial charge on any atom is 0.142 e. The fourth-order valence-corrected chi connectivity index (χ4v) is 4.66. The highest BCUT2D eigenvalue weighted by Crippen LogP contribution is 2.36. The summed E-state index contributed by atoms with van der Waals surface area (Å²) in [5.74, 6) is 0.818. The normalized spacial score (nSPS) is 32.7. The molecule has 1 saturated heterocycles. The number of ketones is 1. The van der Waals surface area contributed by atoms with Gasteiger partial charge in [0.15, 0.2) is 0 Å². The van der Waals surface area contributed by atoms with Crippen molar-refractivity contribution in [2.75, 3.05) is 32.7 Å². The Kier molecular flexibility index (Phi) is 4.70. The molecule has 3 aliphatic rings. The largest absolute Gasteiger partial charge is 0.300 e. The Morgan fingerprint density at radius 3 is 2.33 bits per heavy atom. The van der Waals surface area contributed by atoms with Crippen LogP contribution in [0.15, 0.2) is 0 Å². The summed E-state index contributed by atoms with van der Waals surface area (Å²) < 4.78 is 0. The minimum absolute atomic E-state index is 0.0748. The van der Waals surface area contributed by atoms with E-state index in [0.717, 1.165) is 25.4 Å². The van der Waals surface area contributed by atoms with Gasteiger partial charge in [-0.1, -0.05) is 33.1 Å². The molecule has 3 nitrogen and oxygen atoms in total. The number of hydrogen-bond acceptors (Lipinski definition) is 3. The van der Waals surface area contributed by atoms with Gasteiger partial charge in [0.05, 0.1) is 0 Å². The lowest BCUT2D eigenvalue weighted by atomic mass is 9.71. The van der Waals surface area contributed by atoms with Crippen molar-refractivity contribution in [2.45, 2.75) is 64.8 Å². The molecule has 1 aliphatic heterocycles. The second-order valence-electron chi connectivity index (χ2n) is 8.11. The van der Waals surface area contributed by atoms with Crippen molar-refractivity contribution in [3.63, 3.8) is 0 Å². The Morgan fingerprint density at radius 2 is 1.67 bits per heavy atom. The molecular formula is C18H32N2O. The van der Waals surface area contributed by atoms with Gasteiger partial charge in [-0.15, -0.1) is 0 Å². The minimum Gasteiger partial charge on any atom is -0.300 e. The van der Waals surface area contributed by atoms with Crippen molar-refractivity contribution in [1.29, 1.82) is 0 Å². The van der Waals surface area contributed by atoms with E-state index < -0.39 is 0 Å². The molecule has 0 spiro atoms. The van der Waals surface area contributed by atoms with E-state index in [1.54, 1.807) is 0 Å². The van der Waals surface area contributed by atoms with Crippen molar-refractivity contribution in [3.8, 4) is 0 Å². The van der Waals surface area contributed by atoms with Crippen molar-refractivity contribution in [2.24, 2.45) is 11.3 Å². The summed E-state index contributed by atoms with van der Waals surface area (Å²) in [6, 6.07) is 0.863. The maximum absolute atomic E-state index is 12.6. The first-order valence-corrected chi connectivity index (χ1v) is 9.07. The van der Waals surface area contributed by atoms with Crippen LogP contribution in [0.3, 0.4) is 0 Å². The van der Waals surface area contributed by atoms with Crippen LogP contribution in [0.2, 0.25) is 0 Å². The quantitative estimate of drug-likeness (QED) is 0.799. The van der Waals surface area contributed by atoms with E-state index in [2.05, 4.69) is 23.6 Å².